The van der Waals surface area contributed by atoms with E-state index in [1.807, 2.05) is 19.1 Å². The van der Waals surface area contributed by atoms with Gasteiger partial charge in [0.15, 0.2) is 0 Å². The van der Waals surface area contributed by atoms with Crippen molar-refractivity contribution >= 4 is 11.9 Å². The second kappa shape index (κ2) is 5.48. The molecule has 2 N–H and O–H groups in total. The van der Waals surface area contributed by atoms with Crippen LogP contribution in [0.15, 0.2) is 24.3 Å². The van der Waals surface area contributed by atoms with Gasteiger partial charge in [0.05, 0.1) is 12.0 Å². The molecule has 1 fully saturated rings. The highest BCUT2D eigenvalue weighted by molar-refractivity contribution is 5.84. The zero-order chi connectivity index (χ0) is 15.0. The molecule has 0 bridgehead atoms. The Kier molecular flexibility index (Phi) is 3.68. The summed E-state index contributed by atoms with van der Waals surface area (Å²) in [5.74, 6) is -1.20. The van der Waals surface area contributed by atoms with Crippen LogP contribution >= 0.6 is 0 Å². The molecule has 0 spiro atoms. The number of nitrogens with zero attached hydrogens (tertiary/aromatic N) is 1. The minimum Gasteiger partial charge on any atom is -0.481 e. The SMILES string of the molecule is CC1CN(C(=O)[C@H]2Cc3ccccc3CN2)CC1C(=O)O. The number of hydrogen-bond acceptors (Lipinski definition) is 3. The molecule has 0 radical (unpaired) electrons. The van der Waals surface area contributed by atoms with Crippen LogP contribution in [0.25, 0.3) is 0 Å². The van der Waals surface area contributed by atoms with Crippen LogP contribution in [0.5, 0.6) is 0 Å². The van der Waals surface area contributed by atoms with Crippen molar-refractivity contribution in [3.63, 3.8) is 0 Å². The quantitative estimate of drug-likeness (QED) is 0.847. The highest BCUT2D eigenvalue weighted by Gasteiger charge is 2.39. The number of amides is 1. The molecule has 2 aliphatic heterocycles. The van der Waals surface area contributed by atoms with Gasteiger partial charge in [0, 0.05) is 19.6 Å². The predicted octanol–water partition coefficient (Wildman–Crippen LogP) is 0.880. The smallest absolute Gasteiger partial charge is 0.308 e. The number of fused-ring (bicyclic) bond motifs is 1. The lowest BCUT2D eigenvalue weighted by molar-refractivity contribution is -0.142. The summed E-state index contributed by atoms with van der Waals surface area (Å²) < 4.78 is 0. The van der Waals surface area contributed by atoms with Crippen LogP contribution in [0.3, 0.4) is 0 Å². The molecule has 112 valence electrons. The lowest BCUT2D eigenvalue weighted by Crippen LogP contribution is -2.49. The van der Waals surface area contributed by atoms with Gasteiger partial charge in [-0.05, 0) is 23.5 Å². The molecule has 1 aromatic carbocycles. The van der Waals surface area contributed by atoms with Gasteiger partial charge in [-0.2, -0.15) is 0 Å². The minimum atomic E-state index is -0.806. The van der Waals surface area contributed by atoms with Gasteiger partial charge in [-0.15, -0.1) is 0 Å². The molecular weight excluding hydrogens is 268 g/mol. The van der Waals surface area contributed by atoms with Crippen molar-refractivity contribution in [1.29, 1.82) is 0 Å². The highest BCUT2D eigenvalue weighted by atomic mass is 16.4. The van der Waals surface area contributed by atoms with Crippen molar-refractivity contribution < 1.29 is 14.7 Å². The van der Waals surface area contributed by atoms with Crippen LogP contribution in [-0.4, -0.2) is 41.0 Å². The maximum atomic E-state index is 12.6. The fourth-order valence-electron chi connectivity index (χ4n) is 3.32. The molecule has 0 aliphatic carbocycles. The Labute approximate surface area is 123 Å². The zero-order valence-electron chi connectivity index (χ0n) is 12.1. The number of aliphatic carboxylic acids is 1. The maximum Gasteiger partial charge on any atom is 0.308 e. The monoisotopic (exact) mass is 288 g/mol. The fourth-order valence-corrected chi connectivity index (χ4v) is 3.32. The van der Waals surface area contributed by atoms with Gasteiger partial charge in [-0.25, -0.2) is 0 Å². The first-order chi connectivity index (χ1) is 10.1. The Bertz CT molecular complexity index is 572. The maximum absolute atomic E-state index is 12.6. The van der Waals surface area contributed by atoms with Crippen molar-refractivity contribution in [3.8, 4) is 0 Å². The van der Waals surface area contributed by atoms with Gasteiger partial charge in [-0.1, -0.05) is 31.2 Å². The number of carboxylic acids is 1. The third-order valence-electron chi connectivity index (χ3n) is 4.62. The summed E-state index contributed by atoms with van der Waals surface area (Å²) >= 11 is 0. The van der Waals surface area contributed by atoms with Crippen LogP contribution < -0.4 is 5.32 Å². The Morgan fingerprint density at radius 1 is 1.24 bits per heavy atom. The van der Waals surface area contributed by atoms with Crippen LogP contribution in [0.1, 0.15) is 18.1 Å². The Balaban J connectivity index is 1.69. The number of rotatable bonds is 2. The summed E-state index contributed by atoms with van der Waals surface area (Å²) in [7, 11) is 0. The molecule has 1 aromatic rings. The number of carbonyl (C=O) groups excluding carboxylic acids is 1. The highest BCUT2D eigenvalue weighted by Crippen LogP contribution is 2.25. The van der Waals surface area contributed by atoms with Crippen molar-refractivity contribution in [2.24, 2.45) is 11.8 Å². The molecule has 1 amide bonds. The fraction of sp³-hybridized carbons (Fsp3) is 0.500. The van der Waals surface area contributed by atoms with Gasteiger partial charge in [0.2, 0.25) is 5.91 Å². The molecule has 2 aliphatic rings. The third kappa shape index (κ3) is 2.65. The van der Waals surface area contributed by atoms with E-state index in [1.165, 1.54) is 11.1 Å². The second-order valence-corrected chi connectivity index (χ2v) is 6.07. The summed E-state index contributed by atoms with van der Waals surface area (Å²) in [6.07, 6.45) is 0.678. The van der Waals surface area contributed by atoms with Crippen LogP contribution in [-0.2, 0) is 22.6 Å². The van der Waals surface area contributed by atoms with Gasteiger partial charge in [-0.3, -0.25) is 9.59 Å². The summed E-state index contributed by atoms with van der Waals surface area (Å²) in [4.78, 5) is 25.5. The Morgan fingerprint density at radius 2 is 1.95 bits per heavy atom. The van der Waals surface area contributed by atoms with E-state index in [0.717, 1.165) is 0 Å². The first-order valence-electron chi connectivity index (χ1n) is 7.38. The predicted molar refractivity (Wildman–Crippen MR) is 77.6 cm³/mol. The third-order valence-corrected chi connectivity index (χ3v) is 4.62. The van der Waals surface area contributed by atoms with E-state index in [1.54, 1.807) is 4.90 Å². The van der Waals surface area contributed by atoms with E-state index in [0.29, 0.717) is 26.1 Å². The largest absolute Gasteiger partial charge is 0.481 e. The normalized spacial score (nSPS) is 28.2. The van der Waals surface area contributed by atoms with Gasteiger partial charge in [0.25, 0.3) is 0 Å². The number of likely N-dealkylation sites (tertiary alicyclic amines) is 1. The molecule has 5 nitrogen and oxygen atoms in total. The van der Waals surface area contributed by atoms with E-state index >= 15 is 0 Å². The van der Waals surface area contributed by atoms with E-state index in [9.17, 15) is 14.7 Å². The Morgan fingerprint density at radius 3 is 2.62 bits per heavy atom. The molecule has 1 saturated heterocycles. The molecule has 3 rings (SSSR count). The van der Waals surface area contributed by atoms with Gasteiger partial charge >= 0.3 is 5.97 Å². The topological polar surface area (TPSA) is 69.6 Å². The van der Waals surface area contributed by atoms with E-state index in [2.05, 4.69) is 17.4 Å². The molecular formula is C16H20N2O3. The van der Waals surface area contributed by atoms with Crippen molar-refractivity contribution in [3.05, 3.63) is 35.4 Å². The minimum absolute atomic E-state index is 0.0160. The number of benzene rings is 1. The molecule has 2 heterocycles. The lowest BCUT2D eigenvalue weighted by Gasteiger charge is -2.29. The number of nitrogens with one attached hydrogen (secondary N) is 1. The molecule has 5 heteroatoms. The summed E-state index contributed by atoms with van der Waals surface area (Å²) in [6, 6.07) is 7.89. The molecule has 3 atom stereocenters. The number of hydrogen-bond donors (Lipinski definition) is 2. The molecule has 21 heavy (non-hydrogen) atoms. The number of carboxylic acid groups (broad SMARTS) is 1. The zero-order valence-corrected chi connectivity index (χ0v) is 12.1. The molecule has 0 saturated carbocycles. The standard InChI is InChI=1S/C16H20N2O3/c1-10-8-18(9-13(10)16(20)21)15(19)14-6-11-4-2-3-5-12(11)7-17-14/h2-5,10,13-14,17H,6-9H2,1H3,(H,20,21)/t10?,13?,14-/m1/s1. The average Bonchev–Trinajstić information content (AvgIpc) is 2.88. The number of carbonyl (C=O) groups is 2. The molecule has 2 unspecified atom stereocenters. The van der Waals surface area contributed by atoms with Gasteiger partial charge in [0.1, 0.15) is 0 Å². The van der Waals surface area contributed by atoms with E-state index in [4.69, 9.17) is 0 Å². The van der Waals surface area contributed by atoms with Crippen molar-refractivity contribution in [2.75, 3.05) is 13.1 Å². The average molecular weight is 288 g/mol. The van der Waals surface area contributed by atoms with Crippen molar-refractivity contribution in [2.45, 2.75) is 25.9 Å². The van der Waals surface area contributed by atoms with Crippen LogP contribution in [0, 0.1) is 11.8 Å². The summed E-state index contributed by atoms with van der Waals surface area (Å²) in [5, 5.41) is 12.4. The van der Waals surface area contributed by atoms with E-state index in [-0.39, 0.29) is 17.9 Å². The summed E-state index contributed by atoms with van der Waals surface area (Å²) in [6.45, 7) is 3.46. The van der Waals surface area contributed by atoms with Gasteiger partial charge < -0.3 is 15.3 Å². The lowest BCUT2D eigenvalue weighted by atomic mass is 9.95. The van der Waals surface area contributed by atoms with Crippen LogP contribution in [0.4, 0.5) is 0 Å². The summed E-state index contributed by atoms with van der Waals surface area (Å²) in [5.41, 5.74) is 2.44. The first kappa shape index (κ1) is 14.1. The Hall–Kier alpha value is -1.88. The second-order valence-electron chi connectivity index (χ2n) is 6.07. The van der Waals surface area contributed by atoms with Crippen LogP contribution in [0.2, 0.25) is 0 Å². The molecule has 0 aromatic heterocycles. The first-order valence-corrected chi connectivity index (χ1v) is 7.38. The van der Waals surface area contributed by atoms with E-state index < -0.39 is 11.9 Å². The van der Waals surface area contributed by atoms with Crippen molar-refractivity contribution in [1.82, 2.24) is 10.2 Å².